The minimum Gasteiger partial charge on any atom is -0.447 e. The highest BCUT2D eigenvalue weighted by Crippen LogP contribution is 2.39. The maximum Gasteiger partial charge on any atom is 0.433 e. The Morgan fingerprint density at radius 2 is 2.00 bits per heavy atom. The number of nitrogens with zero attached hydrogens (tertiary/aromatic N) is 5. The molecule has 1 aliphatic carbocycles. The van der Waals surface area contributed by atoms with Crippen LogP contribution >= 0.6 is 11.3 Å². The molecule has 5 rings (SSSR count). The number of carbonyl (C=O) groups excluding carboxylic acids is 1. The molecule has 172 valence electrons. The molecule has 8 nitrogen and oxygen atoms in total. The molecule has 0 aromatic carbocycles. The number of aromatic nitrogens is 4. The number of thiazole rings is 1. The molecule has 0 radical (unpaired) electrons. The summed E-state index contributed by atoms with van der Waals surface area (Å²) in [6, 6.07) is 3.88. The summed E-state index contributed by atoms with van der Waals surface area (Å²) in [5, 5.41) is 3.63. The number of ether oxygens (including phenoxy) is 1. The first-order chi connectivity index (χ1) is 15.8. The number of amides is 1. The van der Waals surface area contributed by atoms with Crippen LogP contribution in [-0.2, 0) is 10.9 Å². The summed E-state index contributed by atoms with van der Waals surface area (Å²) in [5.74, 6) is 1.23. The Kier molecular flexibility index (Phi) is 5.39. The average Bonchev–Trinajstić information content (AvgIpc) is 3.37. The lowest BCUT2D eigenvalue weighted by Gasteiger charge is -2.20. The number of hydrogen-bond donors (Lipinski definition) is 1. The average molecular weight is 476 g/mol. The van der Waals surface area contributed by atoms with E-state index in [-0.39, 0.29) is 12.1 Å². The number of rotatable bonds is 6. The Labute approximate surface area is 190 Å². The van der Waals surface area contributed by atoms with Crippen LogP contribution in [0, 0.1) is 5.92 Å². The van der Waals surface area contributed by atoms with Crippen LogP contribution in [0.1, 0.15) is 36.4 Å². The van der Waals surface area contributed by atoms with Crippen molar-refractivity contribution in [1.29, 1.82) is 0 Å². The maximum atomic E-state index is 13.0. The van der Waals surface area contributed by atoms with Gasteiger partial charge >= 0.3 is 12.3 Å². The molecule has 4 heterocycles. The van der Waals surface area contributed by atoms with Gasteiger partial charge in [-0.2, -0.15) is 18.2 Å². The smallest absolute Gasteiger partial charge is 0.433 e. The van der Waals surface area contributed by atoms with E-state index in [0.717, 1.165) is 30.0 Å². The summed E-state index contributed by atoms with van der Waals surface area (Å²) in [5.41, 5.74) is -0.615. The third-order valence-electron chi connectivity index (χ3n) is 5.55. The van der Waals surface area contributed by atoms with Crippen LogP contribution in [0.4, 0.5) is 29.7 Å². The second-order valence-corrected chi connectivity index (χ2v) is 9.01. The zero-order valence-electron chi connectivity index (χ0n) is 17.4. The summed E-state index contributed by atoms with van der Waals surface area (Å²) in [6.07, 6.45) is 1.51. The van der Waals surface area contributed by atoms with Crippen molar-refractivity contribution in [2.45, 2.75) is 38.0 Å². The normalized spacial score (nSPS) is 19.5. The number of cyclic esters (lactones) is 1. The molecule has 2 atom stereocenters. The number of hydrogen-bond acceptors (Lipinski definition) is 8. The van der Waals surface area contributed by atoms with Gasteiger partial charge in [-0.15, -0.1) is 11.3 Å². The number of halogens is 3. The van der Waals surface area contributed by atoms with E-state index in [1.807, 2.05) is 6.92 Å². The minimum atomic E-state index is -4.52. The van der Waals surface area contributed by atoms with E-state index in [1.54, 1.807) is 23.4 Å². The molecule has 0 spiro atoms. The zero-order valence-corrected chi connectivity index (χ0v) is 18.2. The minimum absolute atomic E-state index is 0.0105. The lowest BCUT2D eigenvalue weighted by atomic mass is 10.2. The summed E-state index contributed by atoms with van der Waals surface area (Å²) < 4.78 is 44.1. The molecule has 1 amide bonds. The van der Waals surface area contributed by atoms with E-state index in [0.29, 0.717) is 34.9 Å². The standard InChI is InChI=1S/C21H19F3N6O2S/c1-11(15-9-27-18(33-15)13-4-6-25-16(8-13)21(22,23)24)28-19-26-7-5-17(29-19)30-14(12-2-3-12)10-32-20(30)31/h4-9,11-12,14H,2-3,10H2,1H3,(H,26,28,29)/t11-,14+/m0/s1. The van der Waals surface area contributed by atoms with Crippen molar-refractivity contribution in [3.8, 4) is 10.6 Å². The molecule has 12 heteroatoms. The lowest BCUT2D eigenvalue weighted by Crippen LogP contribution is -2.35. The number of anilines is 2. The molecule has 0 unspecified atom stereocenters. The van der Waals surface area contributed by atoms with Crippen LogP contribution in [0.5, 0.6) is 0 Å². The molecule has 2 aliphatic rings. The van der Waals surface area contributed by atoms with Crippen molar-refractivity contribution in [2.75, 3.05) is 16.8 Å². The number of nitrogens with one attached hydrogen (secondary N) is 1. The largest absolute Gasteiger partial charge is 0.447 e. The second-order valence-electron chi connectivity index (χ2n) is 7.95. The van der Waals surface area contributed by atoms with Crippen LogP contribution in [0.2, 0.25) is 0 Å². The molecule has 1 saturated heterocycles. The Morgan fingerprint density at radius 3 is 2.76 bits per heavy atom. The fraction of sp³-hybridized carbons (Fsp3) is 0.381. The Balaban J connectivity index is 1.32. The van der Waals surface area contributed by atoms with Gasteiger partial charge in [0.05, 0.1) is 12.1 Å². The van der Waals surface area contributed by atoms with Gasteiger partial charge in [0, 0.05) is 29.0 Å². The molecule has 3 aromatic rings. The Hall–Kier alpha value is -3.28. The van der Waals surface area contributed by atoms with Crippen molar-refractivity contribution in [3.05, 3.63) is 47.4 Å². The summed E-state index contributed by atoms with van der Waals surface area (Å²) in [7, 11) is 0. The molecular weight excluding hydrogens is 457 g/mol. The summed E-state index contributed by atoms with van der Waals surface area (Å²) >= 11 is 1.27. The highest BCUT2D eigenvalue weighted by Gasteiger charge is 2.44. The molecule has 1 aliphatic heterocycles. The molecule has 1 saturated carbocycles. The van der Waals surface area contributed by atoms with Crippen molar-refractivity contribution >= 4 is 29.2 Å². The molecule has 33 heavy (non-hydrogen) atoms. The van der Waals surface area contributed by atoms with Crippen LogP contribution in [-0.4, -0.2) is 38.7 Å². The van der Waals surface area contributed by atoms with E-state index in [9.17, 15) is 18.0 Å². The molecule has 0 bridgehead atoms. The highest BCUT2D eigenvalue weighted by atomic mass is 32.1. The summed E-state index contributed by atoms with van der Waals surface area (Å²) in [4.78, 5) is 31.0. The first-order valence-electron chi connectivity index (χ1n) is 10.3. The first-order valence-corrected chi connectivity index (χ1v) is 11.2. The monoisotopic (exact) mass is 476 g/mol. The SMILES string of the molecule is C[C@H](Nc1nccc(N2C(=O)OC[C@@H]2C2CC2)n1)c1cnc(-c2ccnc(C(F)(F)F)c2)s1. The van der Waals surface area contributed by atoms with Gasteiger partial charge in [-0.05, 0) is 43.9 Å². The van der Waals surface area contributed by atoms with Crippen molar-refractivity contribution in [2.24, 2.45) is 5.92 Å². The number of pyridine rings is 1. The van der Waals surface area contributed by atoms with Gasteiger partial charge in [-0.1, -0.05) is 0 Å². The van der Waals surface area contributed by atoms with Crippen molar-refractivity contribution in [3.63, 3.8) is 0 Å². The van der Waals surface area contributed by atoms with Gasteiger partial charge in [-0.25, -0.2) is 14.8 Å². The van der Waals surface area contributed by atoms with E-state index in [1.165, 1.54) is 17.4 Å². The fourth-order valence-electron chi connectivity index (χ4n) is 3.68. The van der Waals surface area contributed by atoms with Gasteiger partial charge in [0.1, 0.15) is 23.1 Å². The van der Waals surface area contributed by atoms with E-state index in [4.69, 9.17) is 4.74 Å². The topological polar surface area (TPSA) is 93.1 Å². The Morgan fingerprint density at radius 1 is 1.21 bits per heavy atom. The van der Waals surface area contributed by atoms with Crippen molar-refractivity contribution < 1.29 is 22.7 Å². The van der Waals surface area contributed by atoms with E-state index < -0.39 is 18.0 Å². The van der Waals surface area contributed by atoms with Crippen LogP contribution in [0.3, 0.4) is 0 Å². The van der Waals surface area contributed by atoms with Crippen LogP contribution in [0.25, 0.3) is 10.6 Å². The molecular formula is C21H19F3N6O2S. The van der Waals surface area contributed by atoms with Gasteiger partial charge < -0.3 is 10.1 Å². The quantitative estimate of drug-likeness (QED) is 0.540. The van der Waals surface area contributed by atoms with Gasteiger partial charge in [0.15, 0.2) is 0 Å². The van der Waals surface area contributed by atoms with Gasteiger partial charge in [0.2, 0.25) is 5.95 Å². The predicted molar refractivity (Wildman–Crippen MR) is 115 cm³/mol. The van der Waals surface area contributed by atoms with Gasteiger partial charge in [0.25, 0.3) is 0 Å². The van der Waals surface area contributed by atoms with E-state index >= 15 is 0 Å². The summed E-state index contributed by atoms with van der Waals surface area (Å²) in [6.45, 7) is 2.24. The third kappa shape index (κ3) is 4.47. The number of carbonyl (C=O) groups is 1. The predicted octanol–water partition coefficient (Wildman–Crippen LogP) is 4.92. The molecule has 1 N–H and O–H groups in total. The van der Waals surface area contributed by atoms with Gasteiger partial charge in [-0.3, -0.25) is 9.88 Å². The zero-order chi connectivity index (χ0) is 23.2. The van der Waals surface area contributed by atoms with E-state index in [2.05, 4.69) is 25.3 Å². The fourth-order valence-corrected chi connectivity index (χ4v) is 4.60. The Bertz CT molecular complexity index is 1180. The number of alkyl halides is 3. The van der Waals surface area contributed by atoms with Crippen LogP contribution < -0.4 is 10.2 Å². The first kappa shape index (κ1) is 21.6. The molecule has 3 aromatic heterocycles. The second kappa shape index (κ2) is 8.25. The lowest BCUT2D eigenvalue weighted by molar-refractivity contribution is -0.141. The molecule has 2 fully saturated rings. The van der Waals surface area contributed by atoms with Crippen LogP contribution in [0.15, 0.2) is 36.8 Å². The third-order valence-corrected chi connectivity index (χ3v) is 6.78. The van der Waals surface area contributed by atoms with Crippen molar-refractivity contribution in [1.82, 2.24) is 19.9 Å². The highest BCUT2D eigenvalue weighted by molar-refractivity contribution is 7.15. The maximum absolute atomic E-state index is 13.0.